The molecule has 0 saturated heterocycles. The maximum atomic E-state index is 13.7. The van der Waals surface area contributed by atoms with E-state index < -0.39 is 17.5 Å². The van der Waals surface area contributed by atoms with Gasteiger partial charge in [-0.25, -0.2) is 13.2 Å². The Balaban J connectivity index is 1.42. The third-order valence-electron chi connectivity index (χ3n) is 4.92. The van der Waals surface area contributed by atoms with Gasteiger partial charge in [0.15, 0.2) is 0 Å². The molecule has 0 fully saturated rings. The number of benzene rings is 2. The smallest absolute Gasteiger partial charge is 0.261 e. The van der Waals surface area contributed by atoms with Crippen molar-refractivity contribution >= 4 is 23.2 Å². The minimum Gasteiger partial charge on any atom is -0.347 e. The van der Waals surface area contributed by atoms with E-state index in [1.807, 2.05) is 0 Å². The number of thiophene rings is 1. The lowest BCUT2D eigenvalue weighted by atomic mass is 10.1. The van der Waals surface area contributed by atoms with Gasteiger partial charge in [0, 0.05) is 41.7 Å². The molecule has 4 rings (SSSR count). The molecule has 4 nitrogen and oxygen atoms in total. The molecule has 30 heavy (non-hydrogen) atoms. The average molecular weight is 430 g/mol. The summed E-state index contributed by atoms with van der Waals surface area (Å²) >= 11 is 1.34. The summed E-state index contributed by atoms with van der Waals surface area (Å²) in [7, 11) is 0. The van der Waals surface area contributed by atoms with E-state index in [0.717, 1.165) is 22.6 Å². The zero-order valence-corrected chi connectivity index (χ0v) is 16.6. The second-order valence-electron chi connectivity index (χ2n) is 6.96. The van der Waals surface area contributed by atoms with Gasteiger partial charge in [-0.05, 0) is 48.4 Å². The predicted octanol–water partition coefficient (Wildman–Crippen LogP) is 4.29. The van der Waals surface area contributed by atoms with Gasteiger partial charge >= 0.3 is 0 Å². The van der Waals surface area contributed by atoms with Gasteiger partial charge in [0.2, 0.25) is 0 Å². The van der Waals surface area contributed by atoms with Crippen molar-refractivity contribution in [2.24, 2.45) is 0 Å². The minimum absolute atomic E-state index is 0.0529. The van der Waals surface area contributed by atoms with Crippen LogP contribution in [0.3, 0.4) is 0 Å². The highest BCUT2D eigenvalue weighted by Crippen LogP contribution is 2.29. The molecule has 1 aliphatic rings. The van der Waals surface area contributed by atoms with E-state index in [4.69, 9.17) is 0 Å². The number of hydrogen-bond donors (Lipinski definition) is 1. The number of fused-ring (bicyclic) bond motifs is 1. The molecule has 0 radical (unpaired) electrons. The first kappa shape index (κ1) is 20.2. The van der Waals surface area contributed by atoms with Crippen LogP contribution in [0.2, 0.25) is 0 Å². The zero-order valence-electron chi connectivity index (χ0n) is 15.8. The molecule has 2 heterocycles. The van der Waals surface area contributed by atoms with Crippen molar-refractivity contribution in [2.45, 2.75) is 19.5 Å². The van der Waals surface area contributed by atoms with E-state index in [1.165, 1.54) is 41.7 Å². The lowest BCUT2D eigenvalue weighted by Gasteiger charge is -2.27. The van der Waals surface area contributed by atoms with Crippen LogP contribution in [0.25, 0.3) is 0 Å². The van der Waals surface area contributed by atoms with E-state index in [2.05, 4.69) is 5.32 Å². The molecular formula is C22H17F3N2O2S. The molecule has 3 aromatic rings. The third kappa shape index (κ3) is 4.23. The molecule has 0 spiro atoms. The number of carbonyl (C=O) groups excluding carboxylic acids is 2. The SMILES string of the molecule is O=C(NCc1ccc(F)cc1F)c1cc2c(s1)CCN(C(=O)c1ccc(F)cc1)C2. The van der Waals surface area contributed by atoms with Crippen LogP contribution in [0.4, 0.5) is 13.2 Å². The van der Waals surface area contributed by atoms with Crippen LogP contribution in [0.15, 0.2) is 48.5 Å². The van der Waals surface area contributed by atoms with Crippen LogP contribution in [-0.4, -0.2) is 23.3 Å². The van der Waals surface area contributed by atoms with Gasteiger partial charge in [-0.2, -0.15) is 0 Å². The molecule has 2 aromatic carbocycles. The fourth-order valence-electron chi connectivity index (χ4n) is 3.32. The van der Waals surface area contributed by atoms with Crippen molar-refractivity contribution in [3.05, 3.63) is 92.4 Å². The molecule has 0 bridgehead atoms. The Morgan fingerprint density at radius 1 is 1.00 bits per heavy atom. The van der Waals surface area contributed by atoms with Gasteiger partial charge in [0.05, 0.1) is 4.88 Å². The summed E-state index contributed by atoms with van der Waals surface area (Å²) in [5, 5.41) is 2.64. The predicted molar refractivity (Wildman–Crippen MR) is 107 cm³/mol. The lowest BCUT2D eigenvalue weighted by molar-refractivity contribution is 0.0735. The Labute approximate surface area is 174 Å². The van der Waals surface area contributed by atoms with E-state index in [9.17, 15) is 22.8 Å². The molecule has 2 amide bonds. The van der Waals surface area contributed by atoms with E-state index in [1.54, 1.807) is 11.0 Å². The Bertz CT molecular complexity index is 1110. The van der Waals surface area contributed by atoms with Gasteiger partial charge in [0.25, 0.3) is 11.8 Å². The molecule has 0 atom stereocenters. The topological polar surface area (TPSA) is 49.4 Å². The van der Waals surface area contributed by atoms with Crippen LogP contribution in [0.1, 0.15) is 36.0 Å². The number of amides is 2. The van der Waals surface area contributed by atoms with Gasteiger partial charge in [-0.3, -0.25) is 9.59 Å². The van der Waals surface area contributed by atoms with Crippen molar-refractivity contribution < 1.29 is 22.8 Å². The monoisotopic (exact) mass is 430 g/mol. The second-order valence-corrected chi connectivity index (χ2v) is 8.10. The van der Waals surface area contributed by atoms with E-state index in [-0.39, 0.29) is 23.9 Å². The number of halogens is 3. The maximum absolute atomic E-state index is 13.7. The molecule has 1 N–H and O–H groups in total. The van der Waals surface area contributed by atoms with Crippen molar-refractivity contribution in [2.75, 3.05) is 6.54 Å². The fraction of sp³-hybridized carbons (Fsp3) is 0.182. The number of rotatable bonds is 4. The zero-order chi connectivity index (χ0) is 21.3. The number of hydrogen-bond acceptors (Lipinski definition) is 3. The van der Waals surface area contributed by atoms with Crippen LogP contribution >= 0.6 is 11.3 Å². The quantitative estimate of drug-likeness (QED) is 0.671. The maximum Gasteiger partial charge on any atom is 0.261 e. The van der Waals surface area contributed by atoms with Crippen molar-refractivity contribution in [3.63, 3.8) is 0 Å². The van der Waals surface area contributed by atoms with E-state index in [0.29, 0.717) is 30.0 Å². The molecule has 1 aromatic heterocycles. The molecular weight excluding hydrogens is 413 g/mol. The summed E-state index contributed by atoms with van der Waals surface area (Å²) in [6, 6.07) is 10.4. The second kappa shape index (κ2) is 8.31. The summed E-state index contributed by atoms with van der Waals surface area (Å²) in [6.45, 7) is 0.816. The largest absolute Gasteiger partial charge is 0.347 e. The molecule has 8 heteroatoms. The standard InChI is InChI=1S/C22H17F3N2O2S/c23-16-4-1-13(2-5-16)22(29)27-8-7-19-15(12-27)9-20(30-19)21(28)26-11-14-3-6-17(24)10-18(14)25/h1-6,9-10H,7-8,11-12H2,(H,26,28). The van der Waals surface area contributed by atoms with Crippen LogP contribution in [0, 0.1) is 17.5 Å². The van der Waals surface area contributed by atoms with Gasteiger partial charge in [-0.1, -0.05) is 6.07 Å². The Morgan fingerprint density at radius 2 is 1.73 bits per heavy atom. The Kier molecular flexibility index (Phi) is 5.59. The normalized spacial score (nSPS) is 13.1. The highest BCUT2D eigenvalue weighted by Gasteiger charge is 2.25. The number of carbonyl (C=O) groups is 2. The van der Waals surface area contributed by atoms with Crippen LogP contribution < -0.4 is 5.32 Å². The lowest BCUT2D eigenvalue weighted by Crippen LogP contribution is -2.35. The molecule has 0 unspecified atom stereocenters. The first-order valence-corrected chi connectivity index (χ1v) is 10.1. The summed E-state index contributed by atoms with van der Waals surface area (Å²) < 4.78 is 39.8. The number of nitrogens with one attached hydrogen (secondary N) is 1. The molecule has 154 valence electrons. The van der Waals surface area contributed by atoms with Crippen LogP contribution in [0.5, 0.6) is 0 Å². The summed E-state index contributed by atoms with van der Waals surface area (Å²) in [5.74, 6) is -2.33. The van der Waals surface area contributed by atoms with Gasteiger partial charge < -0.3 is 10.2 Å². The summed E-state index contributed by atoms with van der Waals surface area (Å²) in [4.78, 5) is 28.3. The minimum atomic E-state index is -0.712. The number of nitrogens with zero attached hydrogens (tertiary/aromatic N) is 1. The van der Waals surface area contributed by atoms with Crippen molar-refractivity contribution in [1.29, 1.82) is 0 Å². The fourth-order valence-corrected chi connectivity index (χ4v) is 4.40. The average Bonchev–Trinajstić information content (AvgIpc) is 3.16. The Hall–Kier alpha value is -3.13. The molecule has 0 saturated carbocycles. The Morgan fingerprint density at radius 3 is 2.47 bits per heavy atom. The van der Waals surface area contributed by atoms with Gasteiger partial charge in [-0.15, -0.1) is 11.3 Å². The van der Waals surface area contributed by atoms with Crippen molar-refractivity contribution in [3.8, 4) is 0 Å². The first-order chi connectivity index (χ1) is 14.4. The van der Waals surface area contributed by atoms with Crippen molar-refractivity contribution in [1.82, 2.24) is 10.2 Å². The summed E-state index contributed by atoms with van der Waals surface area (Å²) in [6.07, 6.45) is 0.618. The van der Waals surface area contributed by atoms with Crippen LogP contribution in [-0.2, 0) is 19.5 Å². The highest BCUT2D eigenvalue weighted by atomic mass is 32.1. The first-order valence-electron chi connectivity index (χ1n) is 9.29. The third-order valence-corrected chi connectivity index (χ3v) is 6.16. The highest BCUT2D eigenvalue weighted by molar-refractivity contribution is 7.14. The van der Waals surface area contributed by atoms with Gasteiger partial charge in [0.1, 0.15) is 17.5 Å². The molecule has 1 aliphatic heterocycles. The summed E-state index contributed by atoms with van der Waals surface area (Å²) in [5.41, 5.74) is 1.50. The van der Waals surface area contributed by atoms with E-state index >= 15 is 0 Å². The molecule has 0 aliphatic carbocycles.